The summed E-state index contributed by atoms with van der Waals surface area (Å²) < 4.78 is 15.3. The lowest BCUT2D eigenvalue weighted by molar-refractivity contribution is -0.676. The van der Waals surface area contributed by atoms with Crippen molar-refractivity contribution >= 4 is 46.3 Å². The molecule has 13 heteroatoms. The van der Waals surface area contributed by atoms with E-state index in [0.717, 1.165) is 16.9 Å². The van der Waals surface area contributed by atoms with E-state index in [9.17, 15) is 9.59 Å². The van der Waals surface area contributed by atoms with Gasteiger partial charge in [0.2, 0.25) is 0 Å². The summed E-state index contributed by atoms with van der Waals surface area (Å²) in [5, 5.41) is 5.44. The van der Waals surface area contributed by atoms with Gasteiger partial charge in [-0.15, -0.1) is 0 Å². The fourth-order valence-corrected chi connectivity index (χ4v) is 3.97. The van der Waals surface area contributed by atoms with Crippen LogP contribution in [0.2, 0.25) is 5.15 Å². The van der Waals surface area contributed by atoms with Gasteiger partial charge in [0.1, 0.15) is 24.5 Å². The van der Waals surface area contributed by atoms with Gasteiger partial charge in [-0.25, -0.2) is 23.9 Å². The SMILES string of the molecule is CCn1c(CNC(=O)c2nc(Cl)c(N)nc2N)[n+](CC)c2ccc(OCCNC(=O)OC(C)(C)C)cc21. The van der Waals surface area contributed by atoms with Crippen LogP contribution in [0.15, 0.2) is 18.2 Å². The lowest BCUT2D eigenvalue weighted by Crippen LogP contribution is -2.40. The van der Waals surface area contributed by atoms with E-state index in [0.29, 0.717) is 25.4 Å². The molecule has 0 bridgehead atoms. The van der Waals surface area contributed by atoms with Crippen molar-refractivity contribution in [2.45, 2.75) is 59.9 Å². The summed E-state index contributed by atoms with van der Waals surface area (Å²) in [4.78, 5) is 32.4. The van der Waals surface area contributed by atoms with E-state index in [2.05, 4.69) is 29.7 Å². The van der Waals surface area contributed by atoms with Gasteiger partial charge in [-0.05, 0) is 46.8 Å². The summed E-state index contributed by atoms with van der Waals surface area (Å²) in [6, 6.07) is 5.78. The van der Waals surface area contributed by atoms with E-state index in [1.54, 1.807) is 20.8 Å². The van der Waals surface area contributed by atoms with Crippen molar-refractivity contribution in [3.8, 4) is 5.75 Å². The normalized spacial score (nSPS) is 11.4. The number of rotatable bonds is 9. The highest BCUT2D eigenvalue weighted by Gasteiger charge is 2.25. The van der Waals surface area contributed by atoms with Crippen molar-refractivity contribution in [1.29, 1.82) is 0 Å². The zero-order chi connectivity index (χ0) is 27.3. The van der Waals surface area contributed by atoms with Gasteiger partial charge in [-0.2, -0.15) is 0 Å². The van der Waals surface area contributed by atoms with Gasteiger partial charge in [0, 0.05) is 6.07 Å². The molecule has 0 unspecified atom stereocenters. The van der Waals surface area contributed by atoms with E-state index >= 15 is 0 Å². The Labute approximate surface area is 220 Å². The summed E-state index contributed by atoms with van der Waals surface area (Å²) >= 11 is 5.92. The summed E-state index contributed by atoms with van der Waals surface area (Å²) in [7, 11) is 0. The maximum atomic E-state index is 12.8. The topological polar surface area (TPSA) is 163 Å². The van der Waals surface area contributed by atoms with Crippen LogP contribution in [0.5, 0.6) is 5.75 Å². The third kappa shape index (κ3) is 6.70. The number of amides is 2. The summed E-state index contributed by atoms with van der Waals surface area (Å²) in [6.07, 6.45) is -0.490. The van der Waals surface area contributed by atoms with Crippen molar-refractivity contribution in [3.05, 3.63) is 34.9 Å². The number of anilines is 2. The number of alkyl carbamates (subject to hydrolysis) is 1. The summed E-state index contributed by atoms with van der Waals surface area (Å²) in [5.74, 6) is 0.893. The number of aryl methyl sites for hydroxylation is 2. The molecule has 200 valence electrons. The minimum Gasteiger partial charge on any atom is -0.492 e. The smallest absolute Gasteiger partial charge is 0.407 e. The van der Waals surface area contributed by atoms with E-state index in [1.807, 2.05) is 32.0 Å². The second-order valence-corrected chi connectivity index (χ2v) is 9.51. The Morgan fingerprint density at radius 3 is 2.51 bits per heavy atom. The molecule has 0 radical (unpaired) electrons. The fourth-order valence-electron chi connectivity index (χ4n) is 3.85. The third-order valence-electron chi connectivity index (χ3n) is 5.35. The second kappa shape index (κ2) is 11.5. The quantitative estimate of drug-likeness (QED) is 0.240. The number of hydrogen-bond donors (Lipinski definition) is 4. The maximum Gasteiger partial charge on any atom is 0.407 e. The zero-order valence-electron chi connectivity index (χ0n) is 21.7. The highest BCUT2D eigenvalue weighted by Crippen LogP contribution is 2.22. The standard InChI is InChI=1S/C24H33ClN8O4/c1-6-32-15-9-8-14(36-11-10-28-23(35)37-24(3,4)5)12-16(15)33(7-2)17(32)13-29-22(34)18-20(26)31-21(27)19(25)30-18/h8-9,12H,6-7,10-11,13H2,1-5H3,(H5-,26,27,28,29,31,34,35)/p+1. The first-order valence-electron chi connectivity index (χ1n) is 12.0. The average molecular weight is 534 g/mol. The molecule has 0 spiro atoms. The molecule has 2 amide bonds. The molecule has 6 N–H and O–H groups in total. The first-order valence-corrected chi connectivity index (χ1v) is 12.3. The third-order valence-corrected chi connectivity index (χ3v) is 5.63. The molecule has 0 saturated carbocycles. The number of carbonyl (C=O) groups excluding carboxylic acids is 2. The molecular weight excluding hydrogens is 500 g/mol. The second-order valence-electron chi connectivity index (χ2n) is 9.15. The monoisotopic (exact) mass is 533 g/mol. The largest absolute Gasteiger partial charge is 0.492 e. The van der Waals surface area contributed by atoms with Gasteiger partial charge in [0.05, 0.1) is 19.6 Å². The number of nitrogen functional groups attached to an aromatic ring is 2. The van der Waals surface area contributed by atoms with Crippen LogP contribution in [0.4, 0.5) is 16.4 Å². The number of ether oxygens (including phenoxy) is 2. The van der Waals surface area contributed by atoms with Crippen molar-refractivity contribution in [2.24, 2.45) is 0 Å². The predicted molar refractivity (Wildman–Crippen MR) is 140 cm³/mol. The highest BCUT2D eigenvalue weighted by molar-refractivity contribution is 6.31. The van der Waals surface area contributed by atoms with Crippen molar-refractivity contribution < 1.29 is 23.6 Å². The Morgan fingerprint density at radius 2 is 1.86 bits per heavy atom. The Balaban J connectivity index is 1.75. The number of hydrogen-bond acceptors (Lipinski definition) is 8. The molecule has 0 aliphatic rings. The molecule has 0 aliphatic carbocycles. The van der Waals surface area contributed by atoms with Crippen LogP contribution in [0.3, 0.4) is 0 Å². The molecule has 2 heterocycles. The molecule has 0 atom stereocenters. The van der Waals surface area contributed by atoms with Crippen molar-refractivity contribution in [3.63, 3.8) is 0 Å². The molecular formula is C24H34ClN8O4+. The summed E-state index contributed by atoms with van der Waals surface area (Å²) in [5.41, 5.74) is 12.7. The number of nitrogens with one attached hydrogen (secondary N) is 2. The van der Waals surface area contributed by atoms with E-state index in [1.165, 1.54) is 0 Å². The van der Waals surface area contributed by atoms with E-state index in [4.69, 9.17) is 32.5 Å². The Kier molecular flexibility index (Phi) is 8.64. The lowest BCUT2D eigenvalue weighted by atomic mass is 10.2. The van der Waals surface area contributed by atoms with Crippen molar-refractivity contribution in [2.75, 3.05) is 24.6 Å². The Morgan fingerprint density at radius 1 is 1.14 bits per heavy atom. The number of nitrogens with zero attached hydrogens (tertiary/aromatic N) is 4. The molecule has 0 fully saturated rings. The Bertz CT molecular complexity index is 1300. The zero-order valence-corrected chi connectivity index (χ0v) is 22.5. The van der Waals surface area contributed by atoms with Gasteiger partial charge >= 0.3 is 6.09 Å². The molecule has 12 nitrogen and oxygen atoms in total. The first-order chi connectivity index (χ1) is 17.4. The van der Waals surface area contributed by atoms with E-state index < -0.39 is 17.6 Å². The molecule has 3 aromatic rings. The minimum absolute atomic E-state index is 0.0377. The molecule has 2 aromatic heterocycles. The van der Waals surface area contributed by atoms with Crippen LogP contribution in [-0.4, -0.2) is 45.3 Å². The number of carbonyl (C=O) groups is 2. The number of imidazole rings is 1. The number of aromatic nitrogens is 4. The van der Waals surface area contributed by atoms with Crippen LogP contribution >= 0.6 is 11.6 Å². The Hall–Kier alpha value is -3.80. The number of halogens is 1. The van der Waals surface area contributed by atoms with Crippen LogP contribution in [0.25, 0.3) is 11.0 Å². The molecule has 37 heavy (non-hydrogen) atoms. The minimum atomic E-state index is -0.560. The molecule has 3 rings (SSSR count). The van der Waals surface area contributed by atoms with Gasteiger partial charge in [-0.3, -0.25) is 4.79 Å². The van der Waals surface area contributed by atoms with Gasteiger partial charge < -0.3 is 31.6 Å². The highest BCUT2D eigenvalue weighted by atomic mass is 35.5. The first kappa shape index (κ1) is 27.8. The van der Waals surface area contributed by atoms with Crippen molar-refractivity contribution in [1.82, 2.24) is 25.2 Å². The van der Waals surface area contributed by atoms with Gasteiger partial charge in [0.15, 0.2) is 33.5 Å². The molecule has 1 aromatic carbocycles. The number of benzene rings is 1. The fraction of sp³-hybridized carbons (Fsp3) is 0.458. The molecule has 0 aliphatic heterocycles. The summed E-state index contributed by atoms with van der Waals surface area (Å²) in [6.45, 7) is 11.6. The molecule has 0 saturated heterocycles. The maximum absolute atomic E-state index is 12.8. The van der Waals surface area contributed by atoms with E-state index in [-0.39, 0.29) is 35.6 Å². The lowest BCUT2D eigenvalue weighted by Gasteiger charge is -2.19. The van der Waals surface area contributed by atoms with Crippen LogP contribution in [0.1, 0.15) is 50.9 Å². The van der Waals surface area contributed by atoms with Crippen LogP contribution in [-0.2, 0) is 24.4 Å². The van der Waals surface area contributed by atoms with Crippen LogP contribution < -0.4 is 31.4 Å². The van der Waals surface area contributed by atoms with Gasteiger partial charge in [0.25, 0.3) is 11.7 Å². The predicted octanol–water partition coefficient (Wildman–Crippen LogP) is 2.41. The number of fused-ring (bicyclic) bond motifs is 1. The van der Waals surface area contributed by atoms with Gasteiger partial charge in [-0.1, -0.05) is 11.6 Å². The van der Waals surface area contributed by atoms with Crippen LogP contribution in [0, 0.1) is 0 Å². The average Bonchev–Trinajstić information content (AvgIpc) is 3.13. The number of nitrogens with two attached hydrogens (primary N) is 2.